The molecule has 0 amide bonds. The standard InChI is InChI=1S/C12H15N3OS/c1-9-2-4-10(5-3-9)12-14-11(15-16-12)8-17-7-6-13/h2-5H,6-8,13H2,1H3. The minimum atomic E-state index is 0.577. The number of thioether (sulfide) groups is 1. The fourth-order valence-electron chi connectivity index (χ4n) is 1.37. The topological polar surface area (TPSA) is 64.9 Å². The summed E-state index contributed by atoms with van der Waals surface area (Å²) in [4.78, 5) is 4.34. The molecule has 0 saturated carbocycles. The van der Waals surface area contributed by atoms with Crippen LogP contribution in [0.15, 0.2) is 28.8 Å². The smallest absolute Gasteiger partial charge is 0.257 e. The molecule has 0 aliphatic heterocycles. The summed E-state index contributed by atoms with van der Waals surface area (Å²) in [5.74, 6) is 2.95. The lowest BCUT2D eigenvalue weighted by Crippen LogP contribution is -2.01. The normalized spacial score (nSPS) is 10.7. The molecule has 90 valence electrons. The molecule has 17 heavy (non-hydrogen) atoms. The van der Waals surface area contributed by atoms with Gasteiger partial charge in [-0.1, -0.05) is 22.9 Å². The van der Waals surface area contributed by atoms with Gasteiger partial charge in [0.2, 0.25) is 0 Å². The van der Waals surface area contributed by atoms with E-state index in [2.05, 4.69) is 10.1 Å². The summed E-state index contributed by atoms with van der Waals surface area (Å²) < 4.78 is 5.22. The van der Waals surface area contributed by atoms with Gasteiger partial charge in [-0.3, -0.25) is 0 Å². The zero-order chi connectivity index (χ0) is 12.1. The van der Waals surface area contributed by atoms with E-state index >= 15 is 0 Å². The van der Waals surface area contributed by atoms with Gasteiger partial charge in [0.25, 0.3) is 5.89 Å². The Labute approximate surface area is 105 Å². The average molecular weight is 249 g/mol. The van der Waals surface area contributed by atoms with E-state index in [-0.39, 0.29) is 0 Å². The first-order valence-electron chi connectivity index (χ1n) is 5.47. The van der Waals surface area contributed by atoms with Gasteiger partial charge in [0.05, 0.1) is 5.75 Å². The molecule has 2 rings (SSSR count). The van der Waals surface area contributed by atoms with E-state index in [4.69, 9.17) is 10.3 Å². The molecule has 0 spiro atoms. The van der Waals surface area contributed by atoms with Gasteiger partial charge in [-0.25, -0.2) is 0 Å². The zero-order valence-corrected chi connectivity index (χ0v) is 10.5. The summed E-state index contributed by atoms with van der Waals surface area (Å²) in [6, 6.07) is 8.03. The van der Waals surface area contributed by atoms with Gasteiger partial charge in [-0.15, -0.1) is 0 Å². The van der Waals surface area contributed by atoms with Crippen molar-refractivity contribution in [1.82, 2.24) is 10.1 Å². The van der Waals surface area contributed by atoms with Crippen molar-refractivity contribution in [3.05, 3.63) is 35.7 Å². The highest BCUT2D eigenvalue weighted by Crippen LogP contribution is 2.18. The van der Waals surface area contributed by atoms with Gasteiger partial charge >= 0.3 is 0 Å². The number of nitrogens with two attached hydrogens (primary N) is 1. The number of aryl methyl sites for hydroxylation is 1. The molecule has 0 bridgehead atoms. The minimum Gasteiger partial charge on any atom is -0.334 e. The predicted molar refractivity (Wildman–Crippen MR) is 69.7 cm³/mol. The monoisotopic (exact) mass is 249 g/mol. The average Bonchev–Trinajstić information content (AvgIpc) is 2.79. The quantitative estimate of drug-likeness (QED) is 0.823. The highest BCUT2D eigenvalue weighted by Gasteiger charge is 2.08. The van der Waals surface area contributed by atoms with E-state index in [9.17, 15) is 0 Å². The van der Waals surface area contributed by atoms with Crippen LogP contribution in [0, 0.1) is 6.92 Å². The van der Waals surface area contributed by atoms with E-state index in [0.717, 1.165) is 22.9 Å². The van der Waals surface area contributed by atoms with Crippen molar-refractivity contribution >= 4 is 11.8 Å². The summed E-state index contributed by atoms with van der Waals surface area (Å²) in [7, 11) is 0. The Bertz CT molecular complexity index is 467. The second-order valence-corrected chi connectivity index (χ2v) is 4.83. The summed E-state index contributed by atoms with van der Waals surface area (Å²) in [5, 5.41) is 3.94. The second-order valence-electron chi connectivity index (χ2n) is 3.72. The van der Waals surface area contributed by atoms with Gasteiger partial charge in [-0.2, -0.15) is 16.7 Å². The summed E-state index contributed by atoms with van der Waals surface area (Å²) in [5.41, 5.74) is 7.59. The lowest BCUT2D eigenvalue weighted by Gasteiger charge is -1.94. The molecule has 4 nitrogen and oxygen atoms in total. The maximum absolute atomic E-state index is 5.42. The molecule has 0 aliphatic carbocycles. The summed E-state index contributed by atoms with van der Waals surface area (Å²) in [6.07, 6.45) is 0. The van der Waals surface area contributed by atoms with E-state index in [0.29, 0.717) is 12.4 Å². The maximum atomic E-state index is 5.42. The Morgan fingerprint density at radius 1 is 1.29 bits per heavy atom. The molecule has 0 atom stereocenters. The van der Waals surface area contributed by atoms with E-state index < -0.39 is 0 Å². The lowest BCUT2D eigenvalue weighted by molar-refractivity contribution is 0.425. The van der Waals surface area contributed by atoms with Crippen molar-refractivity contribution in [2.75, 3.05) is 12.3 Å². The lowest BCUT2D eigenvalue weighted by atomic mass is 10.1. The zero-order valence-electron chi connectivity index (χ0n) is 9.72. The first-order valence-corrected chi connectivity index (χ1v) is 6.62. The van der Waals surface area contributed by atoms with E-state index in [1.807, 2.05) is 31.2 Å². The van der Waals surface area contributed by atoms with Crippen LogP contribution in [-0.4, -0.2) is 22.4 Å². The van der Waals surface area contributed by atoms with Crippen LogP contribution in [0.4, 0.5) is 0 Å². The molecule has 0 saturated heterocycles. The molecule has 0 fully saturated rings. The van der Waals surface area contributed by atoms with Crippen molar-refractivity contribution in [3.63, 3.8) is 0 Å². The van der Waals surface area contributed by atoms with Crippen LogP contribution in [0.25, 0.3) is 11.5 Å². The van der Waals surface area contributed by atoms with Crippen LogP contribution >= 0.6 is 11.8 Å². The third kappa shape index (κ3) is 3.31. The van der Waals surface area contributed by atoms with Crippen LogP contribution < -0.4 is 5.73 Å². The molecule has 5 heteroatoms. The molecule has 2 aromatic rings. The molecule has 1 heterocycles. The first kappa shape index (κ1) is 12.1. The third-order valence-corrected chi connectivity index (χ3v) is 3.25. The van der Waals surface area contributed by atoms with Gasteiger partial charge in [0.1, 0.15) is 0 Å². The molecule has 0 radical (unpaired) electrons. The van der Waals surface area contributed by atoms with Crippen LogP contribution in [0.3, 0.4) is 0 Å². The molecule has 0 unspecified atom stereocenters. The van der Waals surface area contributed by atoms with Crippen LogP contribution in [-0.2, 0) is 5.75 Å². The van der Waals surface area contributed by atoms with Crippen molar-refractivity contribution in [3.8, 4) is 11.5 Å². The van der Waals surface area contributed by atoms with Crippen molar-refractivity contribution in [2.45, 2.75) is 12.7 Å². The van der Waals surface area contributed by atoms with Gasteiger partial charge in [0, 0.05) is 17.9 Å². The summed E-state index contributed by atoms with van der Waals surface area (Å²) in [6.45, 7) is 2.72. The number of nitrogens with zero attached hydrogens (tertiary/aromatic N) is 2. The predicted octanol–water partition coefficient (Wildman–Crippen LogP) is 2.24. The van der Waals surface area contributed by atoms with E-state index in [1.54, 1.807) is 11.8 Å². The van der Waals surface area contributed by atoms with Gasteiger partial charge in [0.15, 0.2) is 5.82 Å². The van der Waals surface area contributed by atoms with Crippen molar-refractivity contribution < 1.29 is 4.52 Å². The van der Waals surface area contributed by atoms with Crippen LogP contribution in [0.1, 0.15) is 11.4 Å². The molecule has 1 aromatic heterocycles. The first-order chi connectivity index (χ1) is 8.29. The highest BCUT2D eigenvalue weighted by molar-refractivity contribution is 7.98. The molecule has 1 aromatic carbocycles. The third-order valence-electron chi connectivity index (χ3n) is 2.26. The summed E-state index contributed by atoms with van der Waals surface area (Å²) >= 11 is 1.71. The highest BCUT2D eigenvalue weighted by atomic mass is 32.2. The number of hydrogen-bond donors (Lipinski definition) is 1. The Hall–Kier alpha value is -1.33. The largest absolute Gasteiger partial charge is 0.334 e. The maximum Gasteiger partial charge on any atom is 0.257 e. The Morgan fingerprint density at radius 2 is 2.06 bits per heavy atom. The minimum absolute atomic E-state index is 0.577. The van der Waals surface area contributed by atoms with Crippen molar-refractivity contribution in [1.29, 1.82) is 0 Å². The number of benzene rings is 1. The van der Waals surface area contributed by atoms with Crippen LogP contribution in [0.5, 0.6) is 0 Å². The Kier molecular flexibility index (Phi) is 4.17. The molecule has 2 N–H and O–H groups in total. The Morgan fingerprint density at radius 3 is 2.76 bits per heavy atom. The molecule has 0 aliphatic rings. The SMILES string of the molecule is Cc1ccc(-c2nc(CSCCN)no2)cc1. The van der Waals surface area contributed by atoms with Gasteiger partial charge < -0.3 is 10.3 Å². The molecular formula is C12H15N3OS. The second kappa shape index (κ2) is 5.84. The van der Waals surface area contributed by atoms with Crippen LogP contribution in [0.2, 0.25) is 0 Å². The molecular weight excluding hydrogens is 234 g/mol. The van der Waals surface area contributed by atoms with Gasteiger partial charge in [-0.05, 0) is 19.1 Å². The number of hydrogen-bond acceptors (Lipinski definition) is 5. The number of rotatable bonds is 5. The van der Waals surface area contributed by atoms with E-state index in [1.165, 1.54) is 5.56 Å². The fourth-order valence-corrected chi connectivity index (χ4v) is 1.98. The Balaban J connectivity index is 2.04. The fraction of sp³-hybridized carbons (Fsp3) is 0.333. The van der Waals surface area contributed by atoms with Crippen molar-refractivity contribution in [2.24, 2.45) is 5.73 Å². The number of aromatic nitrogens is 2.